The number of carboxylic acid groups (broad SMARTS) is 1. The Morgan fingerprint density at radius 1 is 0.811 bits per heavy atom. The number of hydrogen-bond acceptors (Lipinski definition) is 11. The van der Waals surface area contributed by atoms with E-state index in [1.54, 1.807) is 13.8 Å². The maximum Gasteiger partial charge on any atom is 0.305 e. The monoisotopic (exact) mass is 771 g/mol. The van der Waals surface area contributed by atoms with E-state index in [9.17, 15) is 48.3 Å². The number of unbranched alkanes of at least 4 members (excludes halogenated alkanes) is 2. The van der Waals surface area contributed by atoms with Gasteiger partial charge in [-0.1, -0.05) is 20.3 Å². The smallest absolute Gasteiger partial charge is 0.305 e. The summed E-state index contributed by atoms with van der Waals surface area (Å²) < 4.78 is 0. The zero-order valence-electron chi connectivity index (χ0n) is 29.9. The van der Waals surface area contributed by atoms with Crippen LogP contribution in [0.5, 0.6) is 0 Å². The van der Waals surface area contributed by atoms with Gasteiger partial charge in [0.25, 0.3) is 0 Å². The average molecular weight is 772 g/mol. The summed E-state index contributed by atoms with van der Waals surface area (Å²) in [7, 11) is 0. The molecule has 8 amide bonds. The topological polar surface area (TPSA) is 348 Å². The fourth-order valence-electron chi connectivity index (χ4n) is 4.94. The first-order valence-corrected chi connectivity index (χ1v) is 17.8. The summed E-state index contributed by atoms with van der Waals surface area (Å²) >= 11 is 3.97. The van der Waals surface area contributed by atoms with Gasteiger partial charge < -0.3 is 59.5 Å². The zero-order valence-corrected chi connectivity index (χ0v) is 30.8. The minimum atomic E-state index is -1.66. The van der Waals surface area contributed by atoms with E-state index in [-0.39, 0.29) is 62.8 Å². The number of nitrogens with two attached hydrogens (primary N) is 3. The van der Waals surface area contributed by atoms with Crippen LogP contribution in [0.1, 0.15) is 71.6 Å². The van der Waals surface area contributed by atoms with Crippen LogP contribution in [0.2, 0.25) is 0 Å². The van der Waals surface area contributed by atoms with Gasteiger partial charge in [0.2, 0.25) is 47.3 Å². The molecule has 0 unspecified atom stereocenters. The van der Waals surface area contributed by atoms with E-state index in [0.29, 0.717) is 19.3 Å². The molecule has 1 fully saturated rings. The van der Waals surface area contributed by atoms with Crippen LogP contribution >= 0.6 is 12.6 Å². The predicted octanol–water partition coefficient (Wildman–Crippen LogP) is -4.40. The molecule has 0 spiro atoms. The van der Waals surface area contributed by atoms with E-state index in [1.807, 2.05) is 0 Å². The van der Waals surface area contributed by atoms with Crippen LogP contribution < -0.4 is 54.4 Å². The quantitative estimate of drug-likeness (QED) is 0.0256. The number of rotatable bonds is 19. The van der Waals surface area contributed by atoms with Crippen molar-refractivity contribution in [3.05, 3.63) is 0 Å². The molecule has 0 aliphatic carbocycles. The van der Waals surface area contributed by atoms with Crippen LogP contribution in [0, 0.1) is 5.92 Å². The Balaban J connectivity index is 3.06. The molecule has 22 heteroatoms. The van der Waals surface area contributed by atoms with Crippen molar-refractivity contribution in [3.8, 4) is 0 Å². The van der Waals surface area contributed by atoms with Gasteiger partial charge in [0, 0.05) is 31.7 Å². The number of carbonyl (C=O) groups excluding carboxylic acids is 8. The molecule has 53 heavy (non-hydrogen) atoms. The highest BCUT2D eigenvalue weighted by atomic mass is 32.1. The number of primary amides is 1. The van der Waals surface area contributed by atoms with Gasteiger partial charge in [-0.05, 0) is 38.0 Å². The first kappa shape index (κ1) is 45.9. The maximum absolute atomic E-state index is 13.6. The number of carboxylic acids is 1. The molecule has 1 heterocycles. The molecule has 0 radical (unpaired) electrons. The van der Waals surface area contributed by atoms with Crippen molar-refractivity contribution in [2.24, 2.45) is 28.1 Å². The van der Waals surface area contributed by atoms with Crippen LogP contribution in [-0.4, -0.2) is 120 Å². The lowest BCUT2D eigenvalue weighted by molar-refractivity contribution is -0.141. The van der Waals surface area contributed by atoms with E-state index >= 15 is 0 Å². The second-order valence-electron chi connectivity index (χ2n) is 12.6. The number of nitrogens with one attached hydrogen (secondary N) is 7. The van der Waals surface area contributed by atoms with Crippen LogP contribution in [0.15, 0.2) is 4.99 Å². The summed E-state index contributed by atoms with van der Waals surface area (Å²) in [6.07, 6.45) is 0.528. The highest BCUT2D eigenvalue weighted by Crippen LogP contribution is 2.09. The Hall–Kier alpha value is -5.15. The van der Waals surface area contributed by atoms with Gasteiger partial charge in [-0.15, -0.1) is 0 Å². The molecule has 14 N–H and O–H groups in total. The summed E-state index contributed by atoms with van der Waals surface area (Å²) in [4.78, 5) is 117. The summed E-state index contributed by atoms with van der Waals surface area (Å²) in [6.45, 7) is 2.95. The number of guanidine groups is 1. The molecule has 1 aliphatic heterocycles. The summed E-state index contributed by atoms with van der Waals surface area (Å²) in [5, 5.41) is 26.7. The van der Waals surface area contributed by atoms with Crippen LogP contribution in [0.4, 0.5) is 0 Å². The number of aliphatic carboxylic acids is 1. The lowest BCUT2D eigenvalue weighted by atomic mass is 10.0. The van der Waals surface area contributed by atoms with Crippen molar-refractivity contribution in [2.45, 2.75) is 102 Å². The lowest BCUT2D eigenvalue weighted by Gasteiger charge is -2.27. The first-order valence-electron chi connectivity index (χ1n) is 17.2. The molecule has 1 aliphatic rings. The van der Waals surface area contributed by atoms with E-state index in [2.05, 4.69) is 54.8 Å². The average Bonchev–Trinajstić information content (AvgIpc) is 3.08. The molecule has 5 atom stereocenters. The van der Waals surface area contributed by atoms with Gasteiger partial charge in [-0.25, -0.2) is 0 Å². The van der Waals surface area contributed by atoms with Gasteiger partial charge in [0.15, 0.2) is 5.96 Å². The molecule has 0 aromatic carbocycles. The van der Waals surface area contributed by atoms with Gasteiger partial charge >= 0.3 is 5.97 Å². The predicted molar refractivity (Wildman–Crippen MR) is 193 cm³/mol. The number of amides is 8. The minimum Gasteiger partial charge on any atom is -0.481 e. The minimum absolute atomic E-state index is 0.0390. The number of hydrogen-bond donors (Lipinski definition) is 12. The number of carbonyl (C=O) groups is 9. The van der Waals surface area contributed by atoms with Crippen LogP contribution in [0.25, 0.3) is 0 Å². The van der Waals surface area contributed by atoms with Gasteiger partial charge in [0.05, 0.1) is 13.0 Å². The molecule has 1 rings (SSSR count). The first-order chi connectivity index (χ1) is 24.9. The van der Waals surface area contributed by atoms with E-state index < -0.39 is 96.4 Å². The molecule has 1 saturated heterocycles. The SMILES string of the molecule is CC(C)[C@H]1NC(=O)[C@H](CCC(=O)NCCCCCC(=O)N[C@@H](CS)C(N)=O)NC(=O)[C@H](CC(=O)O)NC(=O)CNC(=O)[C@H](CCCN=C(N)N)NC1=O. The van der Waals surface area contributed by atoms with Crippen molar-refractivity contribution < 1.29 is 48.3 Å². The van der Waals surface area contributed by atoms with Gasteiger partial charge in [0.1, 0.15) is 30.2 Å². The van der Waals surface area contributed by atoms with Crippen LogP contribution in [0.3, 0.4) is 0 Å². The maximum atomic E-state index is 13.6. The third kappa shape index (κ3) is 18.8. The number of nitrogens with zero attached hydrogens (tertiary/aromatic N) is 1. The standard InChI is InChI=1S/C31H53N11O10S/c1-16(2)25-30(52)41-17(7-6-12-36-31(33)34)27(49)37-14-23(45)38-19(13-24(46)47)29(51)40-18(28(50)42-25)9-10-21(43)35-11-5-3-4-8-22(44)39-20(15-53)26(32)48/h16-20,25,53H,3-15H2,1-2H3,(H2,32,48)(H,35,43)(H,37,49)(H,38,45)(H,39,44)(H,40,51)(H,41,52)(H,42,50)(H,46,47)(H4,33,34,36)/t17-,18-,19-,20-,25+/m0/s1. The third-order valence-corrected chi connectivity index (χ3v) is 8.20. The van der Waals surface area contributed by atoms with Crippen molar-refractivity contribution in [3.63, 3.8) is 0 Å². The molecule has 0 aromatic heterocycles. The Morgan fingerprint density at radius 2 is 1.45 bits per heavy atom. The summed E-state index contributed by atoms with van der Waals surface area (Å²) in [5.74, 6) is -7.98. The Labute approximate surface area is 312 Å². The Bertz CT molecular complexity index is 1360. The Kier molecular flexibility index (Phi) is 20.9. The summed E-state index contributed by atoms with van der Waals surface area (Å²) in [5.41, 5.74) is 15.9. The second-order valence-corrected chi connectivity index (χ2v) is 13.0. The number of thiol groups is 1. The molecule has 298 valence electrons. The fourth-order valence-corrected chi connectivity index (χ4v) is 5.21. The molecular formula is C31H53N11O10S. The van der Waals surface area contributed by atoms with Crippen molar-refractivity contribution in [2.75, 3.05) is 25.4 Å². The summed E-state index contributed by atoms with van der Waals surface area (Å²) in [6, 6.07) is -6.39. The van der Waals surface area contributed by atoms with Crippen molar-refractivity contribution >= 4 is 71.8 Å². The highest BCUT2D eigenvalue weighted by molar-refractivity contribution is 7.80. The second kappa shape index (κ2) is 24.2. The molecule has 21 nitrogen and oxygen atoms in total. The lowest BCUT2D eigenvalue weighted by Crippen LogP contribution is -2.59. The largest absolute Gasteiger partial charge is 0.481 e. The van der Waals surface area contributed by atoms with Crippen molar-refractivity contribution in [1.82, 2.24) is 37.2 Å². The molecule has 0 saturated carbocycles. The molecule has 0 bridgehead atoms. The number of aliphatic imine (C=N–C) groups is 1. The van der Waals surface area contributed by atoms with Gasteiger partial charge in [-0.2, -0.15) is 12.6 Å². The molecular weight excluding hydrogens is 718 g/mol. The van der Waals surface area contributed by atoms with Crippen molar-refractivity contribution in [1.29, 1.82) is 0 Å². The van der Waals surface area contributed by atoms with E-state index in [4.69, 9.17) is 17.2 Å². The third-order valence-electron chi connectivity index (χ3n) is 7.84. The zero-order chi connectivity index (χ0) is 40.1. The highest BCUT2D eigenvalue weighted by Gasteiger charge is 2.34. The molecule has 0 aromatic rings. The fraction of sp³-hybridized carbons (Fsp3) is 0.677. The van der Waals surface area contributed by atoms with E-state index in [0.717, 1.165) is 0 Å². The Morgan fingerprint density at radius 3 is 2.06 bits per heavy atom. The van der Waals surface area contributed by atoms with Crippen LogP contribution in [-0.2, 0) is 43.2 Å². The van der Waals surface area contributed by atoms with Gasteiger partial charge in [-0.3, -0.25) is 48.1 Å². The van der Waals surface area contributed by atoms with E-state index in [1.165, 1.54) is 0 Å². The normalized spacial score (nSPS) is 20.6.